The minimum Gasteiger partial charge on any atom is -0.477 e. The molecular weight excluding hydrogens is 435 g/mol. The Kier molecular flexibility index (Phi) is 8.02. The van der Waals surface area contributed by atoms with E-state index in [2.05, 4.69) is 24.3 Å². The van der Waals surface area contributed by atoms with Crippen LogP contribution in [0.15, 0.2) is 54.6 Å². The molecule has 1 unspecified atom stereocenters. The van der Waals surface area contributed by atoms with Gasteiger partial charge in [-0.05, 0) is 81.4 Å². The van der Waals surface area contributed by atoms with E-state index in [1.54, 1.807) is 6.07 Å². The maximum absolute atomic E-state index is 14.6. The Bertz CT molecular complexity index is 934. The van der Waals surface area contributed by atoms with Gasteiger partial charge in [-0.15, -0.1) is 11.3 Å². The molecule has 178 valence electrons. The zero-order valence-electron chi connectivity index (χ0n) is 19.2. The van der Waals surface area contributed by atoms with Crippen molar-refractivity contribution in [1.29, 1.82) is 0 Å². The lowest BCUT2D eigenvalue weighted by molar-refractivity contribution is -0.0324. The van der Waals surface area contributed by atoms with Gasteiger partial charge in [0.25, 0.3) is 0 Å². The molecule has 4 rings (SSSR count). The Labute approximate surface area is 200 Å². The number of carboxylic acids is 1. The molecule has 2 fully saturated rings. The van der Waals surface area contributed by atoms with Crippen molar-refractivity contribution in [3.05, 3.63) is 69.9 Å². The van der Waals surface area contributed by atoms with E-state index < -0.39 is 12.1 Å². The third kappa shape index (κ3) is 5.93. The van der Waals surface area contributed by atoms with Gasteiger partial charge in [-0.25, -0.2) is 9.18 Å². The monoisotopic (exact) mass is 470 g/mol. The molecule has 5 heteroatoms. The van der Waals surface area contributed by atoms with Crippen LogP contribution in [0.1, 0.15) is 71.5 Å². The molecule has 2 aliphatic rings. The van der Waals surface area contributed by atoms with Crippen molar-refractivity contribution < 1.29 is 19.4 Å². The van der Waals surface area contributed by atoms with Crippen LogP contribution in [0.3, 0.4) is 0 Å². The van der Waals surface area contributed by atoms with Gasteiger partial charge in [0.1, 0.15) is 11.0 Å². The zero-order valence-corrected chi connectivity index (χ0v) is 20.0. The average molecular weight is 471 g/mol. The van der Waals surface area contributed by atoms with Gasteiger partial charge in [0, 0.05) is 16.2 Å². The number of allylic oxidation sites excluding steroid dienone is 1. The minimum atomic E-state index is -0.873. The molecule has 0 aliphatic heterocycles. The number of aliphatic hydroxyl groups is 1. The first-order chi connectivity index (χ1) is 16.0. The van der Waals surface area contributed by atoms with Crippen LogP contribution in [0, 0.1) is 17.3 Å². The molecule has 0 spiro atoms. The molecule has 4 atom stereocenters. The summed E-state index contributed by atoms with van der Waals surface area (Å²) < 4.78 is 14.6. The van der Waals surface area contributed by atoms with E-state index in [0.29, 0.717) is 23.6 Å². The quantitative estimate of drug-likeness (QED) is 0.353. The zero-order chi connectivity index (χ0) is 23.3. The summed E-state index contributed by atoms with van der Waals surface area (Å²) in [4.78, 5) is 12.5. The van der Waals surface area contributed by atoms with E-state index in [0.717, 1.165) is 49.8 Å². The van der Waals surface area contributed by atoms with E-state index in [1.165, 1.54) is 23.3 Å². The summed E-state index contributed by atoms with van der Waals surface area (Å²) in [6.07, 6.45) is 11.9. The van der Waals surface area contributed by atoms with Crippen molar-refractivity contribution >= 4 is 17.3 Å². The van der Waals surface area contributed by atoms with Crippen molar-refractivity contribution in [2.24, 2.45) is 17.3 Å². The van der Waals surface area contributed by atoms with Gasteiger partial charge >= 0.3 is 5.97 Å². The van der Waals surface area contributed by atoms with Crippen molar-refractivity contribution in [1.82, 2.24) is 0 Å². The fourth-order valence-electron chi connectivity index (χ4n) is 5.71. The predicted molar refractivity (Wildman–Crippen MR) is 132 cm³/mol. The summed E-state index contributed by atoms with van der Waals surface area (Å²) in [5, 5.41) is 20.1. The standard InChI is InChI=1S/C28H35FO3S/c29-24-15-13-21(9-4-10-22-14-16-25(33-22)27(31)32)23(24)11-5-12-26(30)28(17-6-18-28)19-20-7-2-1-3-8-20/h1-3,5,7-8,11,14,16,21,23-24,26,30H,4,6,9-10,12-13,15,17-19H2,(H,31,32)/b11-5+/t21-,23+,24-,26?/m0/s1. The Balaban J connectivity index is 1.28. The molecule has 0 radical (unpaired) electrons. The van der Waals surface area contributed by atoms with Gasteiger partial charge in [-0.2, -0.15) is 0 Å². The lowest BCUT2D eigenvalue weighted by Gasteiger charge is -2.45. The lowest BCUT2D eigenvalue weighted by Crippen LogP contribution is -2.43. The number of aryl methyl sites for hydroxylation is 1. The van der Waals surface area contributed by atoms with Crippen molar-refractivity contribution in [3.8, 4) is 0 Å². The number of aromatic carboxylic acids is 1. The lowest BCUT2D eigenvalue weighted by atomic mass is 9.61. The van der Waals surface area contributed by atoms with Crippen molar-refractivity contribution in [2.45, 2.75) is 76.5 Å². The second-order valence-corrected chi connectivity index (χ2v) is 11.1. The second-order valence-electron chi connectivity index (χ2n) is 9.95. The molecule has 0 bridgehead atoms. The van der Waals surface area contributed by atoms with E-state index in [-0.39, 0.29) is 17.4 Å². The maximum Gasteiger partial charge on any atom is 0.345 e. The second kappa shape index (κ2) is 11.0. The first kappa shape index (κ1) is 24.2. The molecule has 2 aromatic rings. The molecule has 1 aromatic carbocycles. The molecular formula is C28H35FO3S. The van der Waals surface area contributed by atoms with Crippen LogP contribution in [0.4, 0.5) is 4.39 Å². The fourth-order valence-corrected chi connectivity index (χ4v) is 6.60. The Hall–Kier alpha value is -1.98. The van der Waals surface area contributed by atoms with Gasteiger partial charge in [0.15, 0.2) is 0 Å². The largest absolute Gasteiger partial charge is 0.477 e. The number of aliphatic hydroxyl groups excluding tert-OH is 1. The number of thiophene rings is 1. The molecule has 2 saturated carbocycles. The summed E-state index contributed by atoms with van der Waals surface area (Å²) >= 11 is 1.34. The predicted octanol–water partition coefficient (Wildman–Crippen LogP) is 6.85. The Morgan fingerprint density at radius 2 is 1.97 bits per heavy atom. The smallest absolute Gasteiger partial charge is 0.345 e. The Morgan fingerprint density at radius 1 is 1.18 bits per heavy atom. The van der Waals surface area contributed by atoms with Crippen LogP contribution in [0.25, 0.3) is 0 Å². The number of halogens is 1. The first-order valence-electron chi connectivity index (χ1n) is 12.3. The highest BCUT2D eigenvalue weighted by Gasteiger charge is 2.43. The molecule has 1 heterocycles. The van der Waals surface area contributed by atoms with Gasteiger partial charge in [-0.1, -0.05) is 48.9 Å². The van der Waals surface area contributed by atoms with Gasteiger partial charge < -0.3 is 10.2 Å². The van der Waals surface area contributed by atoms with Crippen LogP contribution in [-0.4, -0.2) is 28.5 Å². The van der Waals surface area contributed by atoms with Crippen LogP contribution in [-0.2, 0) is 12.8 Å². The van der Waals surface area contributed by atoms with Crippen molar-refractivity contribution in [2.75, 3.05) is 0 Å². The Morgan fingerprint density at radius 3 is 2.64 bits per heavy atom. The molecule has 2 N–H and O–H groups in total. The number of carbonyl (C=O) groups is 1. The average Bonchev–Trinajstić information content (AvgIpc) is 3.39. The summed E-state index contributed by atoms with van der Waals surface area (Å²) in [6, 6.07) is 14.0. The normalized spacial score (nSPS) is 25.2. The summed E-state index contributed by atoms with van der Waals surface area (Å²) in [7, 11) is 0. The molecule has 2 aliphatic carbocycles. The highest BCUT2D eigenvalue weighted by Crippen LogP contribution is 2.48. The SMILES string of the molecule is O=C(O)c1ccc(CCC[C@H]2CC[C@H](F)[C@@H]2/C=C/CC(O)C2(Cc3ccccc3)CCC2)s1. The molecule has 33 heavy (non-hydrogen) atoms. The van der Waals surface area contributed by atoms with Crippen molar-refractivity contribution in [3.63, 3.8) is 0 Å². The van der Waals surface area contributed by atoms with E-state index in [4.69, 9.17) is 5.11 Å². The van der Waals surface area contributed by atoms with E-state index in [9.17, 15) is 14.3 Å². The number of hydrogen-bond acceptors (Lipinski definition) is 3. The van der Waals surface area contributed by atoms with Gasteiger partial charge in [0.05, 0.1) is 6.10 Å². The number of alkyl halides is 1. The first-order valence-corrected chi connectivity index (χ1v) is 13.1. The molecule has 1 aromatic heterocycles. The maximum atomic E-state index is 14.6. The van der Waals surface area contributed by atoms with Gasteiger partial charge in [-0.3, -0.25) is 0 Å². The number of hydrogen-bond donors (Lipinski definition) is 2. The van der Waals surface area contributed by atoms with Crippen LogP contribution in [0.2, 0.25) is 0 Å². The third-order valence-corrected chi connectivity index (χ3v) is 8.95. The van der Waals surface area contributed by atoms with E-state index in [1.807, 2.05) is 24.3 Å². The van der Waals surface area contributed by atoms with Crippen LogP contribution < -0.4 is 0 Å². The summed E-state index contributed by atoms with van der Waals surface area (Å²) in [5.74, 6) is -0.613. The topological polar surface area (TPSA) is 57.5 Å². The number of rotatable bonds is 11. The van der Waals surface area contributed by atoms with Gasteiger partial charge in [0.2, 0.25) is 0 Å². The van der Waals surface area contributed by atoms with Crippen LogP contribution in [0.5, 0.6) is 0 Å². The number of carboxylic acid groups (broad SMARTS) is 1. The summed E-state index contributed by atoms with van der Waals surface area (Å²) in [6.45, 7) is 0. The third-order valence-electron chi connectivity index (χ3n) is 7.82. The van der Waals surface area contributed by atoms with E-state index >= 15 is 0 Å². The van der Waals surface area contributed by atoms with Crippen LogP contribution >= 0.6 is 11.3 Å². The summed E-state index contributed by atoms with van der Waals surface area (Å²) in [5.41, 5.74) is 1.24. The highest BCUT2D eigenvalue weighted by molar-refractivity contribution is 7.13. The number of benzene rings is 1. The minimum absolute atomic E-state index is 0.0363. The fraction of sp³-hybridized carbons (Fsp3) is 0.536. The molecule has 0 amide bonds. The molecule has 0 saturated heterocycles. The highest BCUT2D eigenvalue weighted by atomic mass is 32.1. The molecule has 3 nitrogen and oxygen atoms in total.